The average Bonchev–Trinajstić information content (AvgIpc) is 2.79. The summed E-state index contributed by atoms with van der Waals surface area (Å²) < 4.78 is 5.93. The molecule has 0 aliphatic carbocycles. The van der Waals surface area contributed by atoms with Gasteiger partial charge in [0, 0.05) is 25.6 Å². The predicted molar refractivity (Wildman–Crippen MR) is 91.3 cm³/mol. The molecule has 3 N–H and O–H groups in total. The molecule has 7 heteroatoms. The SMILES string of the molecule is O=C(NCCO)NC[C@@H]1OCCCCC1c1ccc(Cl)c(Cl)c1. The third kappa shape index (κ3) is 5.53. The molecule has 1 saturated heterocycles. The summed E-state index contributed by atoms with van der Waals surface area (Å²) in [4.78, 5) is 11.6. The lowest BCUT2D eigenvalue weighted by molar-refractivity contribution is 0.0478. The van der Waals surface area contributed by atoms with Crippen LogP contribution >= 0.6 is 23.2 Å². The zero-order chi connectivity index (χ0) is 16.7. The zero-order valence-electron chi connectivity index (χ0n) is 12.9. The number of carbonyl (C=O) groups is 1. The van der Waals surface area contributed by atoms with Gasteiger partial charge < -0.3 is 20.5 Å². The number of nitrogens with one attached hydrogen (secondary N) is 2. The van der Waals surface area contributed by atoms with Crippen LogP contribution in [0.3, 0.4) is 0 Å². The van der Waals surface area contributed by atoms with Gasteiger partial charge in [0.15, 0.2) is 0 Å². The highest BCUT2D eigenvalue weighted by Gasteiger charge is 2.27. The van der Waals surface area contributed by atoms with Crippen molar-refractivity contribution in [2.75, 3.05) is 26.3 Å². The molecular weight excluding hydrogens is 339 g/mol. The second kappa shape index (κ2) is 9.33. The van der Waals surface area contributed by atoms with Crippen molar-refractivity contribution in [3.05, 3.63) is 33.8 Å². The number of aliphatic hydroxyl groups is 1. The Bertz CT molecular complexity index is 528. The summed E-state index contributed by atoms with van der Waals surface area (Å²) in [6, 6.07) is 5.33. The van der Waals surface area contributed by atoms with Crippen molar-refractivity contribution >= 4 is 29.2 Å². The molecule has 1 heterocycles. The van der Waals surface area contributed by atoms with Gasteiger partial charge >= 0.3 is 6.03 Å². The number of urea groups is 1. The van der Waals surface area contributed by atoms with Crippen LogP contribution in [0.2, 0.25) is 10.0 Å². The van der Waals surface area contributed by atoms with Gasteiger partial charge in [-0.25, -0.2) is 4.79 Å². The average molecular weight is 361 g/mol. The van der Waals surface area contributed by atoms with Crippen molar-refractivity contribution in [3.8, 4) is 0 Å². The monoisotopic (exact) mass is 360 g/mol. The first-order valence-electron chi connectivity index (χ1n) is 7.81. The molecule has 23 heavy (non-hydrogen) atoms. The van der Waals surface area contributed by atoms with Crippen LogP contribution in [0.5, 0.6) is 0 Å². The lowest BCUT2D eigenvalue weighted by Gasteiger charge is -2.26. The Balaban J connectivity index is 2.04. The topological polar surface area (TPSA) is 70.6 Å². The number of ether oxygens (including phenoxy) is 1. The summed E-state index contributed by atoms with van der Waals surface area (Å²) in [7, 11) is 0. The third-order valence-electron chi connectivity index (χ3n) is 3.92. The van der Waals surface area contributed by atoms with Crippen LogP contribution < -0.4 is 10.6 Å². The molecule has 1 aliphatic rings. The maximum absolute atomic E-state index is 11.6. The second-order valence-electron chi connectivity index (χ2n) is 5.55. The Morgan fingerprint density at radius 2 is 2.09 bits per heavy atom. The molecule has 1 aliphatic heterocycles. The number of rotatable bonds is 5. The second-order valence-corrected chi connectivity index (χ2v) is 6.36. The number of benzene rings is 1. The molecule has 1 aromatic rings. The number of amides is 2. The normalized spacial score (nSPS) is 21.5. The molecule has 0 bridgehead atoms. The maximum atomic E-state index is 11.6. The first-order chi connectivity index (χ1) is 11.1. The lowest BCUT2D eigenvalue weighted by atomic mass is 9.89. The largest absolute Gasteiger partial charge is 0.395 e. The predicted octanol–water partition coefficient (Wildman–Crippen LogP) is 2.94. The smallest absolute Gasteiger partial charge is 0.314 e. The van der Waals surface area contributed by atoms with Crippen LogP contribution in [-0.2, 0) is 4.74 Å². The lowest BCUT2D eigenvalue weighted by Crippen LogP contribution is -2.42. The summed E-state index contributed by atoms with van der Waals surface area (Å²) >= 11 is 12.1. The van der Waals surface area contributed by atoms with Gasteiger partial charge in [-0.15, -0.1) is 0 Å². The van der Waals surface area contributed by atoms with E-state index in [0.717, 1.165) is 24.8 Å². The first kappa shape index (κ1) is 18.3. The van der Waals surface area contributed by atoms with E-state index in [1.165, 1.54) is 0 Å². The molecule has 1 unspecified atom stereocenters. The van der Waals surface area contributed by atoms with E-state index in [4.69, 9.17) is 33.0 Å². The maximum Gasteiger partial charge on any atom is 0.314 e. The summed E-state index contributed by atoms with van der Waals surface area (Å²) in [5.74, 6) is 0.158. The van der Waals surface area contributed by atoms with Gasteiger partial charge in [0.25, 0.3) is 0 Å². The number of hydrogen-bond acceptors (Lipinski definition) is 3. The molecule has 0 aromatic heterocycles. The zero-order valence-corrected chi connectivity index (χ0v) is 14.4. The number of halogens is 2. The summed E-state index contributed by atoms with van der Waals surface area (Å²) in [5, 5.41) is 15.1. The quantitative estimate of drug-likeness (QED) is 0.755. The Hall–Kier alpha value is -1.01. The molecule has 2 atom stereocenters. The fourth-order valence-corrected chi connectivity index (χ4v) is 3.06. The van der Waals surface area contributed by atoms with E-state index in [1.807, 2.05) is 12.1 Å². The van der Waals surface area contributed by atoms with Crippen molar-refractivity contribution < 1.29 is 14.6 Å². The summed E-state index contributed by atoms with van der Waals surface area (Å²) in [6.07, 6.45) is 2.93. The first-order valence-corrected chi connectivity index (χ1v) is 8.56. The Labute approximate surface area is 146 Å². The highest BCUT2D eigenvalue weighted by atomic mass is 35.5. The van der Waals surface area contributed by atoms with Crippen LogP contribution in [0.25, 0.3) is 0 Å². The summed E-state index contributed by atoms with van der Waals surface area (Å²) in [5.41, 5.74) is 1.07. The van der Waals surface area contributed by atoms with E-state index in [1.54, 1.807) is 6.07 Å². The van der Waals surface area contributed by atoms with Gasteiger partial charge in [-0.1, -0.05) is 35.7 Å². The van der Waals surface area contributed by atoms with E-state index >= 15 is 0 Å². The van der Waals surface area contributed by atoms with E-state index < -0.39 is 0 Å². The highest BCUT2D eigenvalue weighted by Crippen LogP contribution is 2.33. The molecule has 0 radical (unpaired) electrons. The van der Waals surface area contributed by atoms with Crippen molar-refractivity contribution in [1.29, 1.82) is 0 Å². The molecule has 1 aromatic carbocycles. The van der Waals surface area contributed by atoms with Crippen LogP contribution in [-0.4, -0.2) is 43.5 Å². The van der Waals surface area contributed by atoms with E-state index in [0.29, 0.717) is 23.2 Å². The van der Waals surface area contributed by atoms with Crippen LogP contribution in [0.1, 0.15) is 30.7 Å². The van der Waals surface area contributed by atoms with E-state index in [-0.39, 0.29) is 31.2 Å². The van der Waals surface area contributed by atoms with Crippen molar-refractivity contribution in [2.24, 2.45) is 0 Å². The van der Waals surface area contributed by atoms with Crippen molar-refractivity contribution in [3.63, 3.8) is 0 Å². The van der Waals surface area contributed by atoms with Gasteiger partial charge in [-0.3, -0.25) is 0 Å². The van der Waals surface area contributed by atoms with Crippen molar-refractivity contribution in [1.82, 2.24) is 10.6 Å². The minimum atomic E-state index is -0.306. The van der Waals surface area contributed by atoms with Gasteiger partial charge in [-0.05, 0) is 30.5 Å². The van der Waals surface area contributed by atoms with Gasteiger partial charge in [0.2, 0.25) is 0 Å². The standard InChI is InChI=1S/C16H22Cl2N2O3/c17-13-5-4-11(9-14(13)18)12-3-1-2-8-23-15(12)10-20-16(22)19-6-7-21/h4-5,9,12,15,21H,1-3,6-8,10H2,(H2,19,20,22)/t12?,15-/m0/s1. The van der Waals surface area contributed by atoms with Crippen LogP contribution in [0.4, 0.5) is 4.79 Å². The Morgan fingerprint density at radius 3 is 2.83 bits per heavy atom. The van der Waals surface area contributed by atoms with Gasteiger partial charge in [-0.2, -0.15) is 0 Å². The van der Waals surface area contributed by atoms with Gasteiger partial charge in [0.05, 0.1) is 22.8 Å². The number of aliphatic hydroxyl groups excluding tert-OH is 1. The van der Waals surface area contributed by atoms with E-state index in [9.17, 15) is 4.79 Å². The minimum absolute atomic E-state index is 0.0841. The molecule has 0 spiro atoms. The summed E-state index contributed by atoms with van der Waals surface area (Å²) in [6.45, 7) is 1.23. The molecule has 1 fully saturated rings. The van der Waals surface area contributed by atoms with E-state index in [2.05, 4.69) is 10.6 Å². The van der Waals surface area contributed by atoms with Gasteiger partial charge in [0.1, 0.15) is 0 Å². The fourth-order valence-electron chi connectivity index (χ4n) is 2.75. The van der Waals surface area contributed by atoms with Crippen LogP contribution in [0.15, 0.2) is 18.2 Å². The molecule has 2 rings (SSSR count). The molecule has 5 nitrogen and oxygen atoms in total. The number of hydrogen-bond donors (Lipinski definition) is 3. The molecular formula is C16H22Cl2N2O3. The van der Waals surface area contributed by atoms with Crippen LogP contribution in [0, 0.1) is 0 Å². The minimum Gasteiger partial charge on any atom is -0.395 e. The third-order valence-corrected chi connectivity index (χ3v) is 4.66. The molecule has 0 saturated carbocycles. The Morgan fingerprint density at radius 1 is 1.26 bits per heavy atom. The van der Waals surface area contributed by atoms with Crippen molar-refractivity contribution in [2.45, 2.75) is 31.3 Å². The fraction of sp³-hybridized carbons (Fsp3) is 0.562. The molecule has 128 valence electrons. The Kier molecular flexibility index (Phi) is 7.43. The number of carbonyl (C=O) groups excluding carboxylic acids is 1. The highest BCUT2D eigenvalue weighted by molar-refractivity contribution is 6.42. The molecule has 2 amide bonds.